The predicted molar refractivity (Wildman–Crippen MR) is 116 cm³/mol. The lowest BCUT2D eigenvalue weighted by Gasteiger charge is -2.42. The molecule has 1 aliphatic heterocycles. The van der Waals surface area contributed by atoms with Crippen molar-refractivity contribution >= 4 is 37.3 Å². The average molecular weight is 468 g/mol. The van der Waals surface area contributed by atoms with E-state index in [0.29, 0.717) is 10.2 Å². The predicted octanol–water partition coefficient (Wildman–Crippen LogP) is 3.77. The number of sulfonamides is 1. The molecule has 8 heteroatoms. The minimum Gasteiger partial charge on any atom is -0.379 e. The van der Waals surface area contributed by atoms with Gasteiger partial charge in [0.25, 0.3) is 10.0 Å². The van der Waals surface area contributed by atoms with Crippen LogP contribution in [0.2, 0.25) is 0 Å². The Labute approximate surface area is 175 Å². The van der Waals surface area contributed by atoms with Crippen LogP contribution in [0, 0.1) is 0 Å². The van der Waals surface area contributed by atoms with Gasteiger partial charge in [0.05, 0.1) is 32.9 Å². The van der Waals surface area contributed by atoms with Gasteiger partial charge in [-0.15, -0.1) is 0 Å². The van der Waals surface area contributed by atoms with Gasteiger partial charge in [-0.2, -0.15) is 0 Å². The van der Waals surface area contributed by atoms with Crippen molar-refractivity contribution in [1.29, 1.82) is 0 Å². The number of hydrogen-bond donors (Lipinski definition) is 2. The molecule has 3 unspecified atom stereocenters. The van der Waals surface area contributed by atoms with Crippen LogP contribution in [0.5, 0.6) is 0 Å². The summed E-state index contributed by atoms with van der Waals surface area (Å²) in [4.78, 5) is 2.51. The number of halogens is 1. The average Bonchev–Trinajstić information content (AvgIpc) is 2.68. The molecule has 2 aromatic carbocycles. The van der Waals surface area contributed by atoms with E-state index in [2.05, 4.69) is 44.8 Å². The number of anilines is 2. The summed E-state index contributed by atoms with van der Waals surface area (Å²) < 4.78 is 34.4. The van der Waals surface area contributed by atoms with Crippen molar-refractivity contribution in [2.24, 2.45) is 0 Å². The number of rotatable bonds is 6. The smallest absolute Gasteiger partial charge is 0.261 e. The molecule has 152 valence electrons. The fraction of sp³-hybridized carbons (Fsp3) is 0.400. The summed E-state index contributed by atoms with van der Waals surface area (Å²) in [6, 6.07) is 14.2. The van der Waals surface area contributed by atoms with Crippen LogP contribution < -0.4 is 10.0 Å². The molecule has 0 radical (unpaired) electrons. The van der Waals surface area contributed by atoms with Gasteiger partial charge in [0, 0.05) is 19.7 Å². The molecule has 3 atom stereocenters. The summed E-state index contributed by atoms with van der Waals surface area (Å²) in [6.45, 7) is 3.12. The number of nitrogens with one attached hydrogen (secondary N) is 2. The lowest BCUT2D eigenvalue weighted by Crippen LogP contribution is -2.55. The molecule has 1 aliphatic rings. The first-order chi connectivity index (χ1) is 13.3. The fourth-order valence-corrected chi connectivity index (χ4v) is 5.24. The highest BCUT2D eigenvalue weighted by Crippen LogP contribution is 2.34. The maximum Gasteiger partial charge on any atom is 0.261 e. The normalized spacial score (nSPS) is 23.4. The standard InChI is InChI=1S/C20H26BrN3O3S/c1-14-20(27-3)18(12-13-24(14)2)22-16-10-7-11-17(19(16)21)23-28(25,26)15-8-5-4-6-9-15/h4-11,14,18,20,22-23H,12-13H2,1-3H3. The van der Waals surface area contributed by atoms with E-state index in [-0.39, 0.29) is 23.1 Å². The fourth-order valence-electron chi connectivity index (χ4n) is 3.54. The van der Waals surface area contributed by atoms with E-state index in [1.807, 2.05) is 12.1 Å². The summed E-state index contributed by atoms with van der Waals surface area (Å²) in [5.41, 5.74) is 1.32. The zero-order valence-corrected chi connectivity index (χ0v) is 18.6. The monoisotopic (exact) mass is 467 g/mol. The Hall–Kier alpha value is -1.61. The highest BCUT2D eigenvalue weighted by molar-refractivity contribution is 9.10. The lowest BCUT2D eigenvalue weighted by molar-refractivity contribution is -0.00877. The third kappa shape index (κ3) is 4.51. The Morgan fingerprint density at radius 1 is 1.11 bits per heavy atom. The van der Waals surface area contributed by atoms with Crippen LogP contribution in [0.25, 0.3) is 0 Å². The van der Waals surface area contributed by atoms with Crippen LogP contribution in [0.3, 0.4) is 0 Å². The third-order valence-electron chi connectivity index (χ3n) is 5.27. The minimum absolute atomic E-state index is 0.0373. The van der Waals surface area contributed by atoms with Gasteiger partial charge in [-0.1, -0.05) is 24.3 Å². The molecule has 0 amide bonds. The van der Waals surface area contributed by atoms with Crippen LogP contribution in [0.4, 0.5) is 11.4 Å². The van der Waals surface area contributed by atoms with Gasteiger partial charge in [0.15, 0.2) is 0 Å². The molecular formula is C20H26BrN3O3S. The zero-order chi connectivity index (χ0) is 20.3. The molecule has 0 spiro atoms. The summed E-state index contributed by atoms with van der Waals surface area (Å²) in [7, 11) is 0.173. The summed E-state index contributed by atoms with van der Waals surface area (Å²) in [6.07, 6.45) is 0.974. The van der Waals surface area contributed by atoms with E-state index in [1.54, 1.807) is 43.5 Å². The van der Waals surface area contributed by atoms with E-state index in [9.17, 15) is 8.42 Å². The van der Waals surface area contributed by atoms with E-state index in [1.165, 1.54) is 0 Å². The van der Waals surface area contributed by atoms with Gasteiger partial charge in [-0.3, -0.25) is 4.72 Å². The number of hydrogen-bond acceptors (Lipinski definition) is 5. The largest absolute Gasteiger partial charge is 0.379 e. The Morgan fingerprint density at radius 2 is 1.79 bits per heavy atom. The second-order valence-corrected chi connectivity index (χ2v) is 9.52. The SMILES string of the molecule is COC1C(Nc2cccc(NS(=O)(=O)c3ccccc3)c2Br)CCN(C)C1C. The van der Waals surface area contributed by atoms with Crippen molar-refractivity contribution < 1.29 is 13.2 Å². The molecule has 28 heavy (non-hydrogen) atoms. The molecule has 0 bridgehead atoms. The maximum absolute atomic E-state index is 12.7. The van der Waals surface area contributed by atoms with Crippen molar-refractivity contribution in [2.75, 3.05) is 30.7 Å². The first-order valence-electron chi connectivity index (χ1n) is 9.19. The first kappa shape index (κ1) is 21.1. The molecule has 0 aromatic heterocycles. The van der Waals surface area contributed by atoms with Gasteiger partial charge in [0.2, 0.25) is 0 Å². The Morgan fingerprint density at radius 3 is 2.46 bits per heavy atom. The molecule has 0 aliphatic carbocycles. The maximum atomic E-state index is 12.7. The molecular weight excluding hydrogens is 442 g/mol. The Kier molecular flexibility index (Phi) is 6.65. The molecule has 2 N–H and O–H groups in total. The Bertz CT molecular complexity index is 908. The number of piperidine rings is 1. The van der Waals surface area contributed by atoms with Crippen LogP contribution >= 0.6 is 15.9 Å². The molecule has 1 heterocycles. The highest BCUT2D eigenvalue weighted by atomic mass is 79.9. The number of methoxy groups -OCH3 is 1. The number of benzene rings is 2. The lowest BCUT2D eigenvalue weighted by atomic mass is 9.95. The summed E-state index contributed by atoms with van der Waals surface area (Å²) in [5, 5.41) is 3.53. The van der Waals surface area contributed by atoms with Crippen molar-refractivity contribution in [3.05, 3.63) is 53.0 Å². The zero-order valence-electron chi connectivity index (χ0n) is 16.2. The van der Waals surface area contributed by atoms with Gasteiger partial charge < -0.3 is 15.0 Å². The molecule has 1 saturated heterocycles. The van der Waals surface area contributed by atoms with E-state index in [4.69, 9.17) is 4.74 Å². The van der Waals surface area contributed by atoms with E-state index >= 15 is 0 Å². The van der Waals surface area contributed by atoms with Crippen molar-refractivity contribution in [3.63, 3.8) is 0 Å². The van der Waals surface area contributed by atoms with Gasteiger partial charge in [-0.25, -0.2) is 8.42 Å². The second kappa shape index (κ2) is 8.82. The topological polar surface area (TPSA) is 70.7 Å². The van der Waals surface area contributed by atoms with Gasteiger partial charge in [0.1, 0.15) is 0 Å². The molecule has 1 fully saturated rings. The molecule has 2 aromatic rings. The van der Waals surface area contributed by atoms with Crippen molar-refractivity contribution in [3.8, 4) is 0 Å². The van der Waals surface area contributed by atoms with Gasteiger partial charge >= 0.3 is 0 Å². The quantitative estimate of drug-likeness (QED) is 0.676. The van der Waals surface area contributed by atoms with E-state index < -0.39 is 10.0 Å². The number of ether oxygens (including phenoxy) is 1. The van der Waals surface area contributed by atoms with Crippen molar-refractivity contribution in [2.45, 2.75) is 36.4 Å². The van der Waals surface area contributed by atoms with Crippen LogP contribution in [0.15, 0.2) is 57.9 Å². The second-order valence-electron chi connectivity index (χ2n) is 7.05. The van der Waals surface area contributed by atoms with Crippen LogP contribution in [-0.4, -0.2) is 52.2 Å². The highest BCUT2D eigenvalue weighted by Gasteiger charge is 2.34. The van der Waals surface area contributed by atoms with Crippen LogP contribution in [-0.2, 0) is 14.8 Å². The summed E-state index contributed by atoms with van der Waals surface area (Å²) >= 11 is 3.56. The number of likely N-dealkylation sites (tertiary alicyclic amines) is 1. The number of nitrogens with zero attached hydrogens (tertiary/aromatic N) is 1. The summed E-state index contributed by atoms with van der Waals surface area (Å²) in [5.74, 6) is 0. The van der Waals surface area contributed by atoms with Crippen LogP contribution in [0.1, 0.15) is 13.3 Å². The van der Waals surface area contributed by atoms with Crippen molar-refractivity contribution in [1.82, 2.24) is 4.90 Å². The first-order valence-corrected chi connectivity index (χ1v) is 11.5. The third-order valence-corrected chi connectivity index (χ3v) is 7.51. The Balaban J connectivity index is 1.82. The molecule has 3 rings (SSSR count). The minimum atomic E-state index is -3.66. The number of likely N-dealkylation sites (N-methyl/N-ethyl adjacent to an activating group) is 1. The van der Waals surface area contributed by atoms with E-state index in [0.717, 1.165) is 18.7 Å². The molecule has 6 nitrogen and oxygen atoms in total. The van der Waals surface area contributed by atoms with Gasteiger partial charge in [-0.05, 0) is 60.6 Å². The molecule has 0 saturated carbocycles.